The summed E-state index contributed by atoms with van der Waals surface area (Å²) in [6.07, 6.45) is 3.13. The quantitative estimate of drug-likeness (QED) is 0.748. The van der Waals surface area contributed by atoms with E-state index in [-0.39, 0.29) is 0 Å². The van der Waals surface area contributed by atoms with Crippen LogP contribution in [0.25, 0.3) is 0 Å². The van der Waals surface area contributed by atoms with Crippen LogP contribution in [-0.4, -0.2) is 48.4 Å². The molecular formula is C13H23N5O2. The van der Waals surface area contributed by atoms with Crippen LogP contribution in [0.5, 0.6) is 6.01 Å². The molecule has 2 heterocycles. The summed E-state index contributed by atoms with van der Waals surface area (Å²) in [7, 11) is 1.78. The Morgan fingerprint density at radius 2 is 2.15 bits per heavy atom. The molecule has 0 radical (unpaired) electrons. The lowest BCUT2D eigenvalue weighted by Crippen LogP contribution is -2.13. The molecule has 1 aliphatic rings. The van der Waals surface area contributed by atoms with Crippen LogP contribution in [0, 0.1) is 5.92 Å². The van der Waals surface area contributed by atoms with Gasteiger partial charge in [0.1, 0.15) is 0 Å². The van der Waals surface area contributed by atoms with Gasteiger partial charge in [0.25, 0.3) is 0 Å². The van der Waals surface area contributed by atoms with E-state index in [1.165, 1.54) is 0 Å². The fraction of sp³-hybridized carbons (Fsp3) is 0.769. The topological polar surface area (TPSA) is 81.2 Å². The van der Waals surface area contributed by atoms with E-state index in [0.717, 1.165) is 39.0 Å². The summed E-state index contributed by atoms with van der Waals surface area (Å²) in [5.74, 6) is 1.70. The van der Waals surface area contributed by atoms with Gasteiger partial charge in [-0.15, -0.1) is 0 Å². The second-order valence-electron chi connectivity index (χ2n) is 4.81. The summed E-state index contributed by atoms with van der Waals surface area (Å²) in [5.41, 5.74) is 0. The number of ether oxygens (including phenoxy) is 2. The highest BCUT2D eigenvalue weighted by Gasteiger charge is 2.15. The van der Waals surface area contributed by atoms with Crippen molar-refractivity contribution >= 4 is 11.9 Å². The van der Waals surface area contributed by atoms with Crippen LogP contribution in [0.3, 0.4) is 0 Å². The lowest BCUT2D eigenvalue weighted by atomic mass is 10.1. The van der Waals surface area contributed by atoms with E-state index in [9.17, 15) is 0 Å². The van der Waals surface area contributed by atoms with Crippen LogP contribution < -0.4 is 15.4 Å². The predicted octanol–water partition coefficient (Wildman–Crippen LogP) is 1.54. The fourth-order valence-electron chi connectivity index (χ4n) is 2.00. The smallest absolute Gasteiger partial charge is 0.323 e. The molecule has 1 aliphatic heterocycles. The number of aromatic nitrogens is 3. The Morgan fingerprint density at radius 1 is 1.30 bits per heavy atom. The van der Waals surface area contributed by atoms with Crippen LogP contribution >= 0.6 is 0 Å². The summed E-state index contributed by atoms with van der Waals surface area (Å²) in [6, 6.07) is 0.359. The highest BCUT2D eigenvalue weighted by atomic mass is 16.5. The van der Waals surface area contributed by atoms with Crippen molar-refractivity contribution in [3.05, 3.63) is 0 Å². The Hall–Kier alpha value is -1.63. The predicted molar refractivity (Wildman–Crippen MR) is 77.2 cm³/mol. The van der Waals surface area contributed by atoms with Crippen molar-refractivity contribution in [1.29, 1.82) is 0 Å². The Bertz CT molecular complexity index is 410. The van der Waals surface area contributed by atoms with Crippen molar-refractivity contribution in [1.82, 2.24) is 15.0 Å². The lowest BCUT2D eigenvalue weighted by molar-refractivity contribution is 0.185. The molecule has 0 amide bonds. The number of hydrogen-bond donors (Lipinski definition) is 2. The van der Waals surface area contributed by atoms with Crippen LogP contribution in [0.2, 0.25) is 0 Å². The summed E-state index contributed by atoms with van der Waals surface area (Å²) < 4.78 is 10.8. The van der Waals surface area contributed by atoms with Crippen molar-refractivity contribution in [2.75, 3.05) is 44.0 Å². The summed E-state index contributed by atoms with van der Waals surface area (Å²) in [5, 5.41) is 6.14. The van der Waals surface area contributed by atoms with Gasteiger partial charge in [-0.25, -0.2) is 0 Å². The molecule has 2 N–H and O–H groups in total. The zero-order chi connectivity index (χ0) is 14.2. The maximum atomic E-state index is 5.46. The van der Waals surface area contributed by atoms with Gasteiger partial charge in [-0.05, 0) is 25.2 Å². The van der Waals surface area contributed by atoms with E-state index in [2.05, 4.69) is 25.6 Å². The van der Waals surface area contributed by atoms with Gasteiger partial charge in [0.05, 0.1) is 6.61 Å². The molecule has 7 heteroatoms. The largest absolute Gasteiger partial charge is 0.463 e. The standard InChI is InChI=1S/C13H23N5O2/c1-3-7-20-13-17-11(14-2)16-12(18-13)15-6-4-10-5-8-19-9-10/h10H,3-9H2,1-2H3,(H2,14,15,16,17,18). The van der Waals surface area contributed by atoms with Gasteiger partial charge in [-0.2, -0.15) is 15.0 Å². The van der Waals surface area contributed by atoms with Crippen LogP contribution in [0.1, 0.15) is 26.2 Å². The third-order valence-electron chi connectivity index (χ3n) is 3.13. The van der Waals surface area contributed by atoms with Gasteiger partial charge >= 0.3 is 6.01 Å². The van der Waals surface area contributed by atoms with Crippen LogP contribution in [0.4, 0.5) is 11.9 Å². The Morgan fingerprint density at radius 3 is 2.85 bits per heavy atom. The second-order valence-corrected chi connectivity index (χ2v) is 4.81. The maximum absolute atomic E-state index is 5.46. The number of anilines is 2. The second kappa shape index (κ2) is 7.84. The first-order valence-corrected chi connectivity index (χ1v) is 7.20. The molecule has 7 nitrogen and oxygen atoms in total. The molecule has 0 aromatic carbocycles. The highest BCUT2D eigenvalue weighted by molar-refractivity contribution is 5.35. The third-order valence-corrected chi connectivity index (χ3v) is 3.13. The molecule has 0 spiro atoms. The van der Waals surface area contributed by atoms with E-state index in [0.29, 0.717) is 30.4 Å². The van der Waals surface area contributed by atoms with Gasteiger partial charge in [-0.3, -0.25) is 0 Å². The van der Waals surface area contributed by atoms with Crippen LogP contribution in [-0.2, 0) is 4.74 Å². The van der Waals surface area contributed by atoms with Crippen molar-refractivity contribution < 1.29 is 9.47 Å². The highest BCUT2D eigenvalue weighted by Crippen LogP contribution is 2.16. The van der Waals surface area contributed by atoms with Gasteiger partial charge < -0.3 is 20.1 Å². The lowest BCUT2D eigenvalue weighted by Gasteiger charge is -2.10. The van der Waals surface area contributed by atoms with E-state index in [1.54, 1.807) is 7.05 Å². The molecule has 1 saturated heterocycles. The summed E-state index contributed by atoms with van der Waals surface area (Å²) >= 11 is 0. The first kappa shape index (κ1) is 14.8. The molecule has 1 fully saturated rings. The van der Waals surface area contributed by atoms with Gasteiger partial charge in [0.2, 0.25) is 11.9 Å². The molecule has 0 bridgehead atoms. The minimum Gasteiger partial charge on any atom is -0.463 e. The van der Waals surface area contributed by atoms with Gasteiger partial charge in [0, 0.05) is 26.8 Å². The minimum absolute atomic E-state index is 0.359. The van der Waals surface area contributed by atoms with Crippen LogP contribution in [0.15, 0.2) is 0 Å². The van der Waals surface area contributed by atoms with Crippen molar-refractivity contribution in [2.45, 2.75) is 26.2 Å². The van der Waals surface area contributed by atoms with Gasteiger partial charge in [-0.1, -0.05) is 6.92 Å². The Balaban J connectivity index is 1.87. The molecule has 112 valence electrons. The maximum Gasteiger partial charge on any atom is 0.323 e. The normalized spacial score (nSPS) is 18.0. The van der Waals surface area contributed by atoms with Gasteiger partial charge in [0.15, 0.2) is 0 Å². The third kappa shape index (κ3) is 4.48. The molecule has 1 atom stereocenters. The Kier molecular flexibility index (Phi) is 5.79. The fourth-order valence-corrected chi connectivity index (χ4v) is 2.00. The number of rotatable bonds is 8. The average Bonchev–Trinajstić information content (AvgIpc) is 2.98. The van der Waals surface area contributed by atoms with E-state index in [4.69, 9.17) is 9.47 Å². The van der Waals surface area contributed by atoms with Crippen molar-refractivity contribution in [3.63, 3.8) is 0 Å². The number of nitrogens with one attached hydrogen (secondary N) is 2. The van der Waals surface area contributed by atoms with E-state index >= 15 is 0 Å². The Labute approximate surface area is 119 Å². The first-order chi connectivity index (χ1) is 9.81. The molecule has 0 saturated carbocycles. The van der Waals surface area contributed by atoms with E-state index < -0.39 is 0 Å². The van der Waals surface area contributed by atoms with E-state index in [1.807, 2.05) is 6.92 Å². The molecule has 20 heavy (non-hydrogen) atoms. The first-order valence-electron chi connectivity index (χ1n) is 7.20. The number of nitrogens with zero attached hydrogens (tertiary/aromatic N) is 3. The summed E-state index contributed by atoms with van der Waals surface area (Å²) in [6.45, 7) is 5.23. The molecular weight excluding hydrogens is 258 g/mol. The molecule has 1 aromatic heterocycles. The average molecular weight is 281 g/mol. The SMILES string of the molecule is CCCOc1nc(NC)nc(NCCC2CCOC2)n1. The zero-order valence-electron chi connectivity index (χ0n) is 12.2. The number of hydrogen-bond acceptors (Lipinski definition) is 7. The van der Waals surface area contributed by atoms with Crippen molar-refractivity contribution in [2.24, 2.45) is 5.92 Å². The minimum atomic E-state index is 0.359. The molecule has 1 unspecified atom stereocenters. The monoisotopic (exact) mass is 281 g/mol. The molecule has 0 aliphatic carbocycles. The summed E-state index contributed by atoms with van der Waals surface area (Å²) in [4.78, 5) is 12.7. The molecule has 2 rings (SSSR count). The van der Waals surface area contributed by atoms with Crippen molar-refractivity contribution in [3.8, 4) is 6.01 Å². The molecule has 1 aromatic rings. The zero-order valence-corrected chi connectivity index (χ0v) is 12.2.